The molecule has 1 N–H and O–H groups in total. The van der Waals surface area contributed by atoms with Gasteiger partial charge in [0.15, 0.2) is 0 Å². The van der Waals surface area contributed by atoms with Crippen LogP contribution < -0.4 is 10.2 Å². The molecule has 132 valence electrons. The Morgan fingerprint density at radius 2 is 1.92 bits per heavy atom. The van der Waals surface area contributed by atoms with Gasteiger partial charge >= 0.3 is 0 Å². The van der Waals surface area contributed by atoms with Crippen LogP contribution in [0.3, 0.4) is 0 Å². The first-order valence-corrected chi connectivity index (χ1v) is 8.36. The molecule has 7 heteroatoms. The standard InChI is InChI=1S/C19H17FN4O2/c20-16-4-2-1-3-14(16)19(25)23-13-5-6-15-17(11-13)21-12-22-18(15)24-7-9-26-10-8-24/h1-6,11-12H,7-10H2,(H,23,25). The van der Waals surface area contributed by atoms with Crippen molar-refractivity contribution in [3.05, 3.63) is 60.2 Å². The van der Waals surface area contributed by atoms with E-state index in [1.165, 1.54) is 18.5 Å². The number of hydrogen-bond donors (Lipinski definition) is 1. The molecule has 1 saturated heterocycles. The van der Waals surface area contributed by atoms with Gasteiger partial charge in [-0.05, 0) is 30.3 Å². The summed E-state index contributed by atoms with van der Waals surface area (Å²) in [5.74, 6) is -0.196. The van der Waals surface area contributed by atoms with Crippen molar-refractivity contribution in [3.63, 3.8) is 0 Å². The van der Waals surface area contributed by atoms with Gasteiger partial charge in [0, 0.05) is 24.2 Å². The molecular weight excluding hydrogens is 335 g/mol. The Morgan fingerprint density at radius 3 is 2.73 bits per heavy atom. The Labute approximate surface area is 149 Å². The largest absolute Gasteiger partial charge is 0.378 e. The van der Waals surface area contributed by atoms with Crippen molar-refractivity contribution in [1.82, 2.24) is 9.97 Å². The zero-order valence-corrected chi connectivity index (χ0v) is 14.0. The van der Waals surface area contributed by atoms with Crippen molar-refractivity contribution in [2.24, 2.45) is 0 Å². The zero-order chi connectivity index (χ0) is 17.9. The number of halogens is 1. The summed E-state index contributed by atoms with van der Waals surface area (Å²) in [7, 11) is 0. The third-order valence-corrected chi connectivity index (χ3v) is 4.30. The number of aromatic nitrogens is 2. The average Bonchev–Trinajstić information content (AvgIpc) is 2.68. The summed E-state index contributed by atoms with van der Waals surface area (Å²) in [4.78, 5) is 23.1. The smallest absolute Gasteiger partial charge is 0.258 e. The molecule has 1 aliphatic heterocycles. The minimum absolute atomic E-state index is 0.00397. The van der Waals surface area contributed by atoms with Gasteiger partial charge < -0.3 is 15.0 Å². The molecule has 2 heterocycles. The molecule has 26 heavy (non-hydrogen) atoms. The fourth-order valence-electron chi connectivity index (χ4n) is 2.99. The molecule has 1 aliphatic rings. The Morgan fingerprint density at radius 1 is 1.12 bits per heavy atom. The van der Waals surface area contributed by atoms with Crippen molar-refractivity contribution in [2.75, 3.05) is 36.5 Å². The first-order chi connectivity index (χ1) is 12.7. The van der Waals surface area contributed by atoms with Crippen LogP contribution in [0.5, 0.6) is 0 Å². The highest BCUT2D eigenvalue weighted by Crippen LogP contribution is 2.26. The molecule has 1 amide bonds. The third kappa shape index (κ3) is 3.21. The highest BCUT2D eigenvalue weighted by atomic mass is 19.1. The lowest BCUT2D eigenvalue weighted by molar-refractivity contribution is 0.102. The first kappa shape index (κ1) is 16.4. The Balaban J connectivity index is 1.62. The molecule has 0 aliphatic carbocycles. The van der Waals surface area contributed by atoms with Gasteiger partial charge in [-0.25, -0.2) is 14.4 Å². The summed E-state index contributed by atoms with van der Waals surface area (Å²) in [6.07, 6.45) is 1.51. The lowest BCUT2D eigenvalue weighted by atomic mass is 10.1. The first-order valence-electron chi connectivity index (χ1n) is 8.36. The minimum atomic E-state index is -0.553. The van der Waals surface area contributed by atoms with E-state index in [-0.39, 0.29) is 5.56 Å². The molecule has 0 atom stereocenters. The van der Waals surface area contributed by atoms with Crippen molar-refractivity contribution in [1.29, 1.82) is 0 Å². The average molecular weight is 352 g/mol. The quantitative estimate of drug-likeness (QED) is 0.785. The number of amides is 1. The van der Waals surface area contributed by atoms with Crippen LogP contribution in [0, 0.1) is 5.82 Å². The third-order valence-electron chi connectivity index (χ3n) is 4.30. The topological polar surface area (TPSA) is 67.4 Å². The molecule has 0 radical (unpaired) electrons. The van der Waals surface area contributed by atoms with Gasteiger partial charge in [-0.15, -0.1) is 0 Å². The molecule has 0 bridgehead atoms. The number of hydrogen-bond acceptors (Lipinski definition) is 5. The summed E-state index contributed by atoms with van der Waals surface area (Å²) < 4.78 is 19.1. The SMILES string of the molecule is O=C(Nc1ccc2c(N3CCOCC3)ncnc2c1)c1ccccc1F. The number of anilines is 2. The number of benzene rings is 2. The molecule has 0 unspecified atom stereocenters. The van der Waals surface area contributed by atoms with E-state index in [0.717, 1.165) is 24.3 Å². The normalized spacial score (nSPS) is 14.4. The van der Waals surface area contributed by atoms with Crippen LogP contribution in [0.25, 0.3) is 10.9 Å². The molecule has 2 aromatic carbocycles. The van der Waals surface area contributed by atoms with E-state index < -0.39 is 11.7 Å². The number of nitrogens with zero attached hydrogens (tertiary/aromatic N) is 3. The molecule has 3 aromatic rings. The van der Waals surface area contributed by atoms with E-state index in [1.807, 2.05) is 6.07 Å². The number of ether oxygens (including phenoxy) is 1. The van der Waals surface area contributed by atoms with E-state index in [0.29, 0.717) is 24.4 Å². The number of carbonyl (C=O) groups excluding carboxylic acids is 1. The second-order valence-electron chi connectivity index (χ2n) is 5.96. The molecular formula is C19H17FN4O2. The van der Waals surface area contributed by atoms with E-state index >= 15 is 0 Å². The fourth-order valence-corrected chi connectivity index (χ4v) is 2.99. The second kappa shape index (κ2) is 7.05. The fraction of sp³-hybridized carbons (Fsp3) is 0.211. The summed E-state index contributed by atoms with van der Waals surface area (Å²) in [5.41, 5.74) is 1.27. The highest BCUT2D eigenvalue weighted by Gasteiger charge is 2.16. The van der Waals surface area contributed by atoms with Crippen molar-refractivity contribution in [2.45, 2.75) is 0 Å². The molecule has 0 saturated carbocycles. The van der Waals surface area contributed by atoms with Crippen LogP contribution in [0.1, 0.15) is 10.4 Å². The molecule has 6 nitrogen and oxygen atoms in total. The van der Waals surface area contributed by atoms with Crippen molar-refractivity contribution < 1.29 is 13.9 Å². The minimum Gasteiger partial charge on any atom is -0.378 e. The number of fused-ring (bicyclic) bond motifs is 1. The predicted molar refractivity (Wildman–Crippen MR) is 96.9 cm³/mol. The number of carbonyl (C=O) groups is 1. The lowest BCUT2D eigenvalue weighted by Crippen LogP contribution is -2.36. The Bertz CT molecular complexity index is 957. The molecule has 4 rings (SSSR count). The maximum absolute atomic E-state index is 13.8. The summed E-state index contributed by atoms with van der Waals surface area (Å²) in [6.45, 7) is 2.89. The van der Waals surface area contributed by atoms with Crippen LogP contribution in [-0.2, 0) is 4.74 Å². The lowest BCUT2D eigenvalue weighted by Gasteiger charge is -2.28. The maximum Gasteiger partial charge on any atom is 0.258 e. The zero-order valence-electron chi connectivity index (χ0n) is 14.0. The van der Waals surface area contributed by atoms with Gasteiger partial charge in [0.05, 0.1) is 24.3 Å². The van der Waals surface area contributed by atoms with Gasteiger partial charge in [0.25, 0.3) is 5.91 Å². The number of morpholine rings is 1. The maximum atomic E-state index is 13.8. The van der Waals surface area contributed by atoms with Crippen LogP contribution in [0.2, 0.25) is 0 Å². The van der Waals surface area contributed by atoms with Crippen molar-refractivity contribution in [3.8, 4) is 0 Å². The summed E-state index contributed by atoms with van der Waals surface area (Å²) in [6, 6.07) is 11.3. The number of rotatable bonds is 3. The van der Waals surface area contributed by atoms with E-state index in [4.69, 9.17) is 4.74 Å². The van der Waals surface area contributed by atoms with E-state index in [2.05, 4.69) is 20.2 Å². The summed E-state index contributed by atoms with van der Waals surface area (Å²) >= 11 is 0. The van der Waals surface area contributed by atoms with Crippen molar-refractivity contribution >= 4 is 28.3 Å². The van der Waals surface area contributed by atoms with Crippen LogP contribution in [0.15, 0.2) is 48.8 Å². The molecule has 1 aromatic heterocycles. The highest BCUT2D eigenvalue weighted by molar-refractivity contribution is 6.05. The second-order valence-corrected chi connectivity index (χ2v) is 5.96. The Kier molecular flexibility index (Phi) is 4.45. The van der Waals surface area contributed by atoms with Gasteiger partial charge in [-0.2, -0.15) is 0 Å². The van der Waals surface area contributed by atoms with Gasteiger partial charge in [0.1, 0.15) is 18.0 Å². The van der Waals surface area contributed by atoms with Crippen LogP contribution >= 0.6 is 0 Å². The van der Waals surface area contributed by atoms with Crippen LogP contribution in [0.4, 0.5) is 15.9 Å². The van der Waals surface area contributed by atoms with Gasteiger partial charge in [0.2, 0.25) is 0 Å². The molecule has 0 spiro atoms. The monoisotopic (exact) mass is 352 g/mol. The Hall–Kier alpha value is -3.06. The van der Waals surface area contributed by atoms with E-state index in [1.54, 1.807) is 24.3 Å². The van der Waals surface area contributed by atoms with E-state index in [9.17, 15) is 9.18 Å². The summed E-state index contributed by atoms with van der Waals surface area (Å²) in [5, 5.41) is 3.62. The molecule has 1 fully saturated rings. The van der Waals surface area contributed by atoms with Gasteiger partial charge in [-0.3, -0.25) is 4.79 Å². The van der Waals surface area contributed by atoms with Crippen LogP contribution in [-0.4, -0.2) is 42.2 Å². The number of nitrogens with one attached hydrogen (secondary N) is 1. The van der Waals surface area contributed by atoms with Gasteiger partial charge in [-0.1, -0.05) is 12.1 Å². The predicted octanol–water partition coefficient (Wildman–Crippen LogP) is 2.86.